The van der Waals surface area contributed by atoms with Crippen molar-refractivity contribution in [3.8, 4) is 0 Å². The molecule has 0 aromatic carbocycles. The van der Waals surface area contributed by atoms with Gasteiger partial charge in [-0.25, -0.2) is 0 Å². The quantitative estimate of drug-likeness (QED) is 0.619. The average molecular weight is 216 g/mol. The lowest BCUT2D eigenvalue weighted by Crippen LogP contribution is -2.70. The van der Waals surface area contributed by atoms with Gasteiger partial charge in [-0.15, -0.1) is 0 Å². The van der Waals surface area contributed by atoms with Crippen molar-refractivity contribution in [2.24, 2.45) is 40.7 Å². The van der Waals surface area contributed by atoms with E-state index in [1.807, 2.05) is 5.92 Å². The predicted octanol–water partition coefficient (Wildman–Crippen LogP) is 2.75. The summed E-state index contributed by atoms with van der Waals surface area (Å²) in [5.41, 5.74) is 7.59. The van der Waals surface area contributed by atoms with E-state index < -0.39 is 0 Å². The van der Waals surface area contributed by atoms with Crippen molar-refractivity contribution in [3.05, 3.63) is 5.92 Å². The second kappa shape index (κ2) is 2.21. The number of rotatable bonds is 0. The zero-order valence-corrected chi connectivity index (χ0v) is 10.2. The van der Waals surface area contributed by atoms with Crippen LogP contribution >= 0.6 is 0 Å². The van der Waals surface area contributed by atoms with Crippen molar-refractivity contribution < 1.29 is 0 Å². The van der Waals surface area contributed by atoms with Gasteiger partial charge in [-0.3, -0.25) is 0 Å². The van der Waals surface area contributed by atoms with Gasteiger partial charge in [0, 0.05) is 11.8 Å². The van der Waals surface area contributed by atoms with Crippen LogP contribution in [-0.4, -0.2) is 5.54 Å². The fourth-order valence-corrected chi connectivity index (χ4v) is 6.91. The number of nitrogens with two attached hydrogens (primary N) is 1. The van der Waals surface area contributed by atoms with Crippen molar-refractivity contribution in [1.82, 2.24) is 0 Å². The third kappa shape index (κ3) is 0.786. The molecule has 0 aliphatic heterocycles. The molecule has 1 nitrogen and oxygen atoms in total. The molecule has 8 bridgehead atoms. The fraction of sp³-hybridized carbons (Fsp3) is 0.933. The highest BCUT2D eigenvalue weighted by Crippen LogP contribution is 2.75. The minimum atomic E-state index is 0.249. The van der Waals surface area contributed by atoms with E-state index in [2.05, 4.69) is 6.92 Å². The predicted molar refractivity (Wildman–Crippen MR) is 63.4 cm³/mol. The minimum Gasteiger partial charge on any atom is -0.322 e. The third-order valence-electron chi connectivity index (χ3n) is 7.08. The first kappa shape index (κ1) is 8.85. The maximum Gasteiger partial charge on any atom is 0.109 e. The zero-order chi connectivity index (χ0) is 10.7. The maximum absolute atomic E-state index is 6.62. The van der Waals surface area contributed by atoms with Gasteiger partial charge >= 0.3 is 0 Å². The summed E-state index contributed by atoms with van der Waals surface area (Å²) in [6.07, 6.45) is 8.61. The summed E-state index contributed by atoms with van der Waals surface area (Å²) in [5.74, 6) is 7.06. The Hall–Kier alpha value is -0.170. The van der Waals surface area contributed by atoms with Crippen LogP contribution in [-0.2, 0) is 0 Å². The van der Waals surface area contributed by atoms with E-state index >= 15 is 0 Å². The highest BCUT2D eigenvalue weighted by atomic mass is 14.8. The normalized spacial score (nSPS) is 69.4. The lowest BCUT2D eigenvalue weighted by atomic mass is 9.32. The van der Waals surface area contributed by atoms with Crippen LogP contribution < -0.4 is 5.73 Å². The molecule has 0 radical (unpaired) electrons. The Labute approximate surface area is 98.2 Å². The molecule has 7 aliphatic carbocycles. The Bertz CT molecular complexity index is 273. The lowest BCUT2D eigenvalue weighted by molar-refractivity contribution is -0.177. The molecule has 2 N–H and O–H groups in total. The Morgan fingerprint density at radius 1 is 0.938 bits per heavy atom. The van der Waals surface area contributed by atoms with Gasteiger partial charge in [0.1, 0.15) is 18.3 Å². The van der Waals surface area contributed by atoms with Gasteiger partial charge < -0.3 is 5.73 Å². The molecule has 7 saturated carbocycles. The molecular weight excluding hydrogens is 194 g/mol. The molecule has 1 heteroatoms. The van der Waals surface area contributed by atoms with E-state index in [0.717, 1.165) is 35.0 Å². The van der Waals surface area contributed by atoms with Crippen LogP contribution in [0.3, 0.4) is 0 Å². The van der Waals surface area contributed by atoms with Crippen molar-refractivity contribution in [2.75, 3.05) is 0 Å². The maximum atomic E-state index is 6.62. The van der Waals surface area contributed by atoms with Gasteiger partial charge in [-0.2, -0.15) is 0 Å². The van der Waals surface area contributed by atoms with Gasteiger partial charge in [0.05, 0.1) is 11.5 Å². The molecule has 0 aromatic heterocycles. The van der Waals surface area contributed by atoms with Crippen LogP contribution in [0.1, 0.15) is 45.4 Å². The van der Waals surface area contributed by atoms with Crippen LogP contribution in [0.4, 0.5) is 0 Å². The van der Waals surface area contributed by atoms with Crippen LogP contribution in [0.25, 0.3) is 0 Å². The molecule has 16 heavy (non-hydrogen) atoms. The fourth-order valence-electron chi connectivity index (χ4n) is 6.91. The van der Waals surface area contributed by atoms with E-state index in [1.165, 1.54) is 32.1 Å². The molecule has 0 amide bonds. The molecule has 4 unspecified atom stereocenters. The van der Waals surface area contributed by atoms with Crippen molar-refractivity contribution in [1.29, 1.82) is 0 Å². The molecular formula is C15H22N+. The summed E-state index contributed by atoms with van der Waals surface area (Å²) in [7, 11) is 0. The largest absolute Gasteiger partial charge is 0.322 e. The summed E-state index contributed by atoms with van der Waals surface area (Å²) in [5, 5.41) is 0. The molecule has 86 valence electrons. The summed E-state index contributed by atoms with van der Waals surface area (Å²) in [6, 6.07) is 0. The minimum absolute atomic E-state index is 0.249. The van der Waals surface area contributed by atoms with Crippen LogP contribution in [0.15, 0.2) is 0 Å². The molecule has 0 spiro atoms. The summed E-state index contributed by atoms with van der Waals surface area (Å²) in [6.45, 7) is 2.57. The summed E-state index contributed by atoms with van der Waals surface area (Å²) >= 11 is 0. The summed E-state index contributed by atoms with van der Waals surface area (Å²) < 4.78 is 0. The van der Waals surface area contributed by atoms with E-state index in [4.69, 9.17) is 5.73 Å². The van der Waals surface area contributed by atoms with Gasteiger partial charge in [-0.1, -0.05) is 6.92 Å². The summed E-state index contributed by atoms with van der Waals surface area (Å²) in [4.78, 5) is 0. The Morgan fingerprint density at radius 3 is 2.19 bits per heavy atom. The SMILES string of the molecule is CC12CC3[C+]4CC5(N)CC3C(C1)C(C5)C4C2. The van der Waals surface area contributed by atoms with Crippen LogP contribution in [0, 0.1) is 40.9 Å². The first-order chi connectivity index (χ1) is 7.57. The number of hydrogen-bond acceptors (Lipinski definition) is 1. The van der Waals surface area contributed by atoms with Crippen LogP contribution in [0.5, 0.6) is 0 Å². The van der Waals surface area contributed by atoms with Gasteiger partial charge in [-0.05, 0) is 43.4 Å². The smallest absolute Gasteiger partial charge is 0.109 e. The average Bonchev–Trinajstić information content (AvgIpc) is 2.22. The van der Waals surface area contributed by atoms with E-state index in [1.54, 1.807) is 6.42 Å². The van der Waals surface area contributed by atoms with E-state index in [9.17, 15) is 0 Å². The van der Waals surface area contributed by atoms with Crippen molar-refractivity contribution in [3.63, 3.8) is 0 Å². The Morgan fingerprint density at radius 2 is 1.56 bits per heavy atom. The Kier molecular flexibility index (Phi) is 1.22. The van der Waals surface area contributed by atoms with Crippen molar-refractivity contribution in [2.45, 2.75) is 51.0 Å². The topological polar surface area (TPSA) is 26.0 Å². The van der Waals surface area contributed by atoms with Gasteiger partial charge in [0.25, 0.3) is 0 Å². The molecule has 0 saturated heterocycles. The van der Waals surface area contributed by atoms with Crippen molar-refractivity contribution >= 4 is 0 Å². The Balaban J connectivity index is 1.68. The molecule has 0 aromatic rings. The van der Waals surface area contributed by atoms with E-state index in [-0.39, 0.29) is 5.54 Å². The molecule has 7 fully saturated rings. The third-order valence-corrected chi connectivity index (χ3v) is 7.08. The highest BCUT2D eigenvalue weighted by molar-refractivity contribution is 5.30. The number of hydrogen-bond donors (Lipinski definition) is 1. The second-order valence-corrected chi connectivity index (χ2v) is 8.15. The molecule has 0 heterocycles. The molecule has 4 atom stereocenters. The zero-order valence-electron chi connectivity index (χ0n) is 10.2. The monoisotopic (exact) mass is 216 g/mol. The van der Waals surface area contributed by atoms with Gasteiger partial charge in [0.2, 0.25) is 0 Å². The van der Waals surface area contributed by atoms with Crippen LogP contribution in [0.2, 0.25) is 0 Å². The molecule has 7 aliphatic rings. The molecule has 7 rings (SSSR count). The highest BCUT2D eigenvalue weighted by Gasteiger charge is 2.74. The first-order valence-electron chi connectivity index (χ1n) is 7.22. The second-order valence-electron chi connectivity index (χ2n) is 8.15. The lowest BCUT2D eigenvalue weighted by Gasteiger charge is -2.68. The van der Waals surface area contributed by atoms with Gasteiger partial charge in [0.15, 0.2) is 0 Å². The first-order valence-corrected chi connectivity index (χ1v) is 7.22. The standard InChI is InChI=1S/C15H22N/c1-14-2-8-11-5-15(16)6-12(8)10(4-14)13(7-15)9(11)3-14/h8-12H,2-7,16H2,1H3/q+1. The van der Waals surface area contributed by atoms with E-state index in [0.29, 0.717) is 0 Å².